The smallest absolute Gasteiger partial charge is 0.160 e. The van der Waals surface area contributed by atoms with Crippen LogP contribution in [0.25, 0.3) is 0 Å². The van der Waals surface area contributed by atoms with Gasteiger partial charge in [-0.25, -0.2) is 0 Å². The third-order valence-corrected chi connectivity index (χ3v) is 1.54. The van der Waals surface area contributed by atoms with E-state index in [0.29, 0.717) is 0 Å². The van der Waals surface area contributed by atoms with Crippen molar-refractivity contribution >= 4 is 0 Å². The lowest BCUT2D eigenvalue weighted by atomic mass is 10.4. The van der Waals surface area contributed by atoms with Crippen LogP contribution in [0.2, 0.25) is 0 Å². The van der Waals surface area contributed by atoms with Crippen LogP contribution in [-0.4, -0.2) is 32.7 Å². The highest BCUT2D eigenvalue weighted by Crippen LogP contribution is 2.07. The van der Waals surface area contributed by atoms with Crippen molar-refractivity contribution in [2.24, 2.45) is 0 Å². The molecule has 1 aliphatic heterocycles. The first-order valence-corrected chi connectivity index (χ1v) is 4.24. The SMILES string of the molecule is CCCOCCC1OCCO1. The van der Waals surface area contributed by atoms with Crippen molar-refractivity contribution in [1.82, 2.24) is 0 Å². The molecule has 0 unspecified atom stereocenters. The molecule has 1 fully saturated rings. The van der Waals surface area contributed by atoms with Crippen molar-refractivity contribution < 1.29 is 14.2 Å². The van der Waals surface area contributed by atoms with Gasteiger partial charge in [-0.3, -0.25) is 0 Å². The largest absolute Gasteiger partial charge is 0.381 e. The average Bonchev–Trinajstić information content (AvgIpc) is 2.50. The van der Waals surface area contributed by atoms with Crippen LogP contribution in [0.15, 0.2) is 0 Å². The van der Waals surface area contributed by atoms with Gasteiger partial charge in [0.1, 0.15) is 0 Å². The van der Waals surface area contributed by atoms with Crippen molar-refractivity contribution in [3.8, 4) is 0 Å². The molecule has 1 rings (SSSR count). The second kappa shape index (κ2) is 5.52. The van der Waals surface area contributed by atoms with Gasteiger partial charge in [0.15, 0.2) is 6.29 Å². The van der Waals surface area contributed by atoms with Gasteiger partial charge in [0.05, 0.1) is 19.8 Å². The predicted molar refractivity (Wildman–Crippen MR) is 41.4 cm³/mol. The van der Waals surface area contributed by atoms with Crippen molar-refractivity contribution in [3.63, 3.8) is 0 Å². The molecular weight excluding hydrogens is 144 g/mol. The normalized spacial score (nSPS) is 19.4. The second-order valence-electron chi connectivity index (χ2n) is 2.57. The maximum atomic E-state index is 5.28. The van der Waals surface area contributed by atoms with Crippen molar-refractivity contribution in [3.05, 3.63) is 0 Å². The Morgan fingerprint density at radius 2 is 2.00 bits per heavy atom. The predicted octanol–water partition coefficient (Wildman–Crippen LogP) is 1.18. The Bertz CT molecular complexity index is 89.3. The van der Waals surface area contributed by atoms with Crippen molar-refractivity contribution in [1.29, 1.82) is 0 Å². The zero-order valence-corrected chi connectivity index (χ0v) is 7.04. The first-order chi connectivity index (χ1) is 5.43. The fourth-order valence-electron chi connectivity index (χ4n) is 1.000. The fourth-order valence-corrected chi connectivity index (χ4v) is 1.000. The fraction of sp³-hybridized carbons (Fsp3) is 1.00. The molecule has 3 nitrogen and oxygen atoms in total. The summed E-state index contributed by atoms with van der Waals surface area (Å²) in [7, 11) is 0. The lowest BCUT2D eigenvalue weighted by molar-refractivity contribution is -0.0616. The minimum absolute atomic E-state index is 0.00754. The van der Waals surface area contributed by atoms with Gasteiger partial charge in [-0.15, -0.1) is 0 Å². The van der Waals surface area contributed by atoms with E-state index in [-0.39, 0.29) is 6.29 Å². The minimum Gasteiger partial charge on any atom is -0.381 e. The molecule has 0 aliphatic carbocycles. The van der Waals surface area contributed by atoms with E-state index in [1.165, 1.54) is 0 Å². The highest BCUT2D eigenvalue weighted by molar-refractivity contribution is 4.50. The Morgan fingerprint density at radius 3 is 2.64 bits per heavy atom. The summed E-state index contributed by atoms with van der Waals surface area (Å²) in [5.41, 5.74) is 0. The molecule has 3 heteroatoms. The van der Waals surface area contributed by atoms with Gasteiger partial charge in [-0.2, -0.15) is 0 Å². The maximum absolute atomic E-state index is 5.28. The Hall–Kier alpha value is -0.120. The van der Waals surface area contributed by atoms with E-state index in [1.807, 2.05) is 0 Å². The summed E-state index contributed by atoms with van der Waals surface area (Å²) < 4.78 is 15.7. The van der Waals surface area contributed by atoms with E-state index < -0.39 is 0 Å². The van der Waals surface area contributed by atoms with Crippen molar-refractivity contribution in [2.45, 2.75) is 26.1 Å². The molecule has 66 valence electrons. The van der Waals surface area contributed by atoms with E-state index in [4.69, 9.17) is 14.2 Å². The highest BCUT2D eigenvalue weighted by atomic mass is 16.7. The van der Waals surface area contributed by atoms with Gasteiger partial charge in [0.2, 0.25) is 0 Å². The molecule has 0 atom stereocenters. The summed E-state index contributed by atoms with van der Waals surface area (Å²) in [5, 5.41) is 0. The van der Waals surface area contributed by atoms with Crippen LogP contribution in [0.3, 0.4) is 0 Å². The monoisotopic (exact) mass is 160 g/mol. The van der Waals surface area contributed by atoms with Crippen LogP contribution < -0.4 is 0 Å². The molecule has 1 aliphatic rings. The number of ether oxygens (including phenoxy) is 3. The summed E-state index contributed by atoms with van der Waals surface area (Å²) in [6, 6.07) is 0. The first kappa shape index (κ1) is 8.97. The van der Waals surface area contributed by atoms with Crippen molar-refractivity contribution in [2.75, 3.05) is 26.4 Å². The molecule has 0 aromatic heterocycles. The molecule has 0 radical (unpaired) electrons. The maximum Gasteiger partial charge on any atom is 0.160 e. The molecule has 1 saturated heterocycles. The van der Waals surface area contributed by atoms with Gasteiger partial charge in [-0.1, -0.05) is 6.92 Å². The topological polar surface area (TPSA) is 27.7 Å². The molecular formula is C8H16O3. The molecule has 0 saturated carbocycles. The van der Waals surface area contributed by atoms with Gasteiger partial charge in [0.25, 0.3) is 0 Å². The van der Waals surface area contributed by atoms with Crippen LogP contribution in [0.1, 0.15) is 19.8 Å². The summed E-state index contributed by atoms with van der Waals surface area (Å²) in [5.74, 6) is 0. The Balaban J connectivity index is 1.86. The second-order valence-corrected chi connectivity index (χ2v) is 2.57. The molecule has 1 heterocycles. The standard InChI is InChI=1S/C8H16O3/c1-2-4-9-5-3-8-10-6-7-11-8/h8H,2-7H2,1H3. The van der Waals surface area contributed by atoms with E-state index in [1.54, 1.807) is 0 Å². The minimum atomic E-state index is -0.00754. The highest BCUT2D eigenvalue weighted by Gasteiger charge is 2.14. The summed E-state index contributed by atoms with van der Waals surface area (Å²) in [6.07, 6.45) is 1.93. The quantitative estimate of drug-likeness (QED) is 0.565. The molecule has 0 spiro atoms. The Kier molecular flexibility index (Phi) is 4.50. The lowest BCUT2D eigenvalue weighted by Gasteiger charge is -2.08. The summed E-state index contributed by atoms with van der Waals surface area (Å²) in [6.45, 7) is 5.16. The lowest BCUT2D eigenvalue weighted by Crippen LogP contribution is -2.11. The number of hydrogen-bond donors (Lipinski definition) is 0. The van der Waals surface area contributed by atoms with Crippen LogP contribution in [-0.2, 0) is 14.2 Å². The molecule has 0 aromatic rings. The summed E-state index contributed by atoms with van der Waals surface area (Å²) in [4.78, 5) is 0. The summed E-state index contributed by atoms with van der Waals surface area (Å²) >= 11 is 0. The Morgan fingerprint density at radius 1 is 1.27 bits per heavy atom. The molecule has 0 N–H and O–H groups in total. The molecule has 0 amide bonds. The van der Waals surface area contributed by atoms with Gasteiger partial charge >= 0.3 is 0 Å². The van der Waals surface area contributed by atoms with E-state index in [9.17, 15) is 0 Å². The van der Waals surface area contributed by atoms with Gasteiger partial charge in [0, 0.05) is 13.0 Å². The average molecular weight is 160 g/mol. The Labute approximate surface area is 67.6 Å². The van der Waals surface area contributed by atoms with Crippen LogP contribution in [0.4, 0.5) is 0 Å². The van der Waals surface area contributed by atoms with Crippen LogP contribution in [0.5, 0.6) is 0 Å². The first-order valence-electron chi connectivity index (χ1n) is 4.24. The van der Waals surface area contributed by atoms with E-state index in [2.05, 4.69) is 6.92 Å². The van der Waals surface area contributed by atoms with E-state index >= 15 is 0 Å². The molecule has 0 bridgehead atoms. The molecule has 11 heavy (non-hydrogen) atoms. The molecule has 0 aromatic carbocycles. The van der Waals surface area contributed by atoms with Gasteiger partial charge < -0.3 is 14.2 Å². The van der Waals surface area contributed by atoms with Gasteiger partial charge in [-0.05, 0) is 6.42 Å². The van der Waals surface area contributed by atoms with Crippen LogP contribution >= 0.6 is 0 Å². The van der Waals surface area contributed by atoms with E-state index in [0.717, 1.165) is 39.3 Å². The number of rotatable bonds is 5. The zero-order valence-electron chi connectivity index (χ0n) is 7.04. The zero-order chi connectivity index (χ0) is 7.94. The third-order valence-electron chi connectivity index (χ3n) is 1.54. The number of hydrogen-bond acceptors (Lipinski definition) is 3. The third kappa shape index (κ3) is 3.70. The van der Waals surface area contributed by atoms with Crippen LogP contribution in [0, 0.1) is 0 Å².